The Morgan fingerprint density at radius 3 is 2.26 bits per heavy atom. The zero-order valence-electron chi connectivity index (χ0n) is 19.0. The number of benzene rings is 2. The molecule has 12 nitrogen and oxygen atoms in total. The van der Waals surface area contributed by atoms with Gasteiger partial charge in [-0.25, -0.2) is 13.1 Å². The number of furan rings is 1. The van der Waals surface area contributed by atoms with Gasteiger partial charge in [0.2, 0.25) is 0 Å². The van der Waals surface area contributed by atoms with Gasteiger partial charge in [-0.1, -0.05) is 18.2 Å². The molecule has 38 heavy (non-hydrogen) atoms. The van der Waals surface area contributed by atoms with E-state index in [9.17, 15) is 41.8 Å². The fourth-order valence-electron chi connectivity index (χ4n) is 3.59. The second-order valence-electron chi connectivity index (χ2n) is 7.80. The van der Waals surface area contributed by atoms with Crippen molar-refractivity contribution in [3.05, 3.63) is 110 Å². The Morgan fingerprint density at radius 2 is 1.68 bits per heavy atom. The Morgan fingerprint density at radius 1 is 0.974 bits per heavy atom. The van der Waals surface area contributed by atoms with Gasteiger partial charge < -0.3 is 4.42 Å². The fourth-order valence-corrected chi connectivity index (χ4v) is 5.11. The van der Waals surface area contributed by atoms with Crippen LogP contribution in [0.1, 0.15) is 17.0 Å². The lowest BCUT2D eigenvalue weighted by molar-refractivity contribution is -0.396. The maximum absolute atomic E-state index is 13.9. The maximum atomic E-state index is 13.9. The first-order valence-electron chi connectivity index (χ1n) is 10.5. The van der Waals surface area contributed by atoms with Gasteiger partial charge in [0.15, 0.2) is 10.6 Å². The lowest BCUT2D eigenvalue weighted by Gasteiger charge is -2.21. The third-order valence-corrected chi connectivity index (χ3v) is 7.15. The van der Waals surface area contributed by atoms with Crippen molar-refractivity contribution in [2.45, 2.75) is 24.2 Å². The van der Waals surface area contributed by atoms with Crippen LogP contribution in [-0.2, 0) is 29.3 Å². The summed E-state index contributed by atoms with van der Waals surface area (Å²) in [6, 6.07) is 12.5. The van der Waals surface area contributed by atoms with Gasteiger partial charge in [0, 0.05) is 24.4 Å². The second kappa shape index (κ2) is 10.1. The Hall–Kier alpha value is -4.57. The van der Waals surface area contributed by atoms with E-state index in [0.717, 1.165) is 16.9 Å². The molecule has 2 heterocycles. The Balaban J connectivity index is 1.84. The summed E-state index contributed by atoms with van der Waals surface area (Å²) < 4.78 is 75.6. The third-order valence-electron chi connectivity index (χ3n) is 5.31. The van der Waals surface area contributed by atoms with Crippen LogP contribution < -0.4 is 0 Å². The minimum absolute atomic E-state index is 0.0298. The van der Waals surface area contributed by atoms with E-state index in [-0.39, 0.29) is 11.4 Å². The average Bonchev–Trinajstić information content (AvgIpc) is 3.54. The number of halogens is 3. The van der Waals surface area contributed by atoms with Crippen LogP contribution in [0.4, 0.5) is 24.5 Å². The monoisotopic (exact) mass is 551 g/mol. The molecule has 2 aromatic heterocycles. The highest BCUT2D eigenvalue weighted by molar-refractivity contribution is 7.89. The minimum atomic E-state index is -4.96. The third kappa shape index (κ3) is 5.40. The van der Waals surface area contributed by atoms with E-state index in [1.807, 2.05) is 0 Å². The molecular weight excluding hydrogens is 535 g/mol. The van der Waals surface area contributed by atoms with E-state index >= 15 is 0 Å². The average molecular weight is 551 g/mol. The van der Waals surface area contributed by atoms with Gasteiger partial charge in [0.1, 0.15) is 5.76 Å². The number of aromatic nitrogens is 2. The van der Waals surface area contributed by atoms with Crippen LogP contribution in [0.2, 0.25) is 0 Å². The molecule has 0 aliphatic rings. The predicted molar refractivity (Wildman–Crippen MR) is 123 cm³/mol. The van der Waals surface area contributed by atoms with E-state index in [0.29, 0.717) is 16.4 Å². The van der Waals surface area contributed by atoms with Crippen molar-refractivity contribution >= 4 is 21.4 Å². The number of non-ortho nitro benzene ring substituents is 1. The molecule has 0 N–H and O–H groups in total. The molecule has 0 fully saturated rings. The van der Waals surface area contributed by atoms with Gasteiger partial charge in [-0.3, -0.25) is 20.2 Å². The van der Waals surface area contributed by atoms with Crippen molar-refractivity contribution in [1.29, 1.82) is 0 Å². The SMILES string of the molecule is O=[N+]([O-])c1ccc(S(=O)(=O)N(Cc2ccco2)Cc2cn(-c3ccccc3)nc2C(F)(F)F)c([N+](=O)[O-])c1. The largest absolute Gasteiger partial charge is 0.468 e. The molecule has 0 unspecified atom stereocenters. The molecule has 0 bridgehead atoms. The van der Waals surface area contributed by atoms with E-state index in [1.54, 1.807) is 18.2 Å². The number of nitrogens with zero attached hydrogens (tertiary/aromatic N) is 5. The molecule has 4 aromatic rings. The molecule has 2 aromatic carbocycles. The van der Waals surface area contributed by atoms with Crippen molar-refractivity contribution in [3.8, 4) is 5.69 Å². The van der Waals surface area contributed by atoms with Crippen molar-refractivity contribution < 1.29 is 35.9 Å². The zero-order valence-corrected chi connectivity index (χ0v) is 19.8. The summed E-state index contributed by atoms with van der Waals surface area (Å²) in [5.41, 5.74) is -3.48. The summed E-state index contributed by atoms with van der Waals surface area (Å²) in [4.78, 5) is 19.7. The van der Waals surface area contributed by atoms with E-state index in [4.69, 9.17) is 4.42 Å². The molecule has 0 saturated heterocycles. The van der Waals surface area contributed by atoms with Crippen LogP contribution in [-0.4, -0.2) is 32.4 Å². The highest BCUT2D eigenvalue weighted by Gasteiger charge is 2.40. The van der Waals surface area contributed by atoms with E-state index in [1.165, 1.54) is 30.5 Å². The second-order valence-corrected chi connectivity index (χ2v) is 9.71. The summed E-state index contributed by atoms with van der Waals surface area (Å²) in [6.45, 7) is -1.50. The Bertz CT molecular complexity index is 1590. The summed E-state index contributed by atoms with van der Waals surface area (Å²) in [6.07, 6.45) is -2.75. The van der Waals surface area contributed by atoms with Gasteiger partial charge in [-0.05, 0) is 30.3 Å². The molecule has 0 atom stereocenters. The number of para-hydroxylation sites is 1. The maximum Gasteiger partial charge on any atom is 0.435 e. The molecule has 0 aliphatic carbocycles. The van der Waals surface area contributed by atoms with Gasteiger partial charge in [0.25, 0.3) is 21.4 Å². The minimum Gasteiger partial charge on any atom is -0.468 e. The standard InChI is InChI=1S/C22H16F3N5O7S/c23-22(24,25)21-15(13-28(26-21)16-5-2-1-3-6-16)12-27(14-18-7-4-10-37-18)38(35,36)20-9-8-17(29(31)32)11-19(20)30(33)34/h1-11,13H,12,14H2. The molecule has 198 valence electrons. The number of nitro benzene ring substituents is 2. The highest BCUT2D eigenvalue weighted by atomic mass is 32.2. The zero-order chi connectivity index (χ0) is 27.7. The number of sulfonamides is 1. The molecule has 0 aliphatic heterocycles. The number of hydrogen-bond acceptors (Lipinski definition) is 8. The smallest absolute Gasteiger partial charge is 0.435 e. The van der Waals surface area contributed by atoms with Crippen molar-refractivity contribution in [3.63, 3.8) is 0 Å². The molecule has 16 heteroatoms. The lowest BCUT2D eigenvalue weighted by atomic mass is 10.2. The first-order valence-corrected chi connectivity index (χ1v) is 12.0. The molecule has 0 spiro atoms. The molecule has 0 amide bonds. The number of hydrogen-bond donors (Lipinski definition) is 0. The van der Waals surface area contributed by atoms with E-state index < -0.39 is 66.7 Å². The number of nitro groups is 2. The highest BCUT2D eigenvalue weighted by Crippen LogP contribution is 2.35. The lowest BCUT2D eigenvalue weighted by Crippen LogP contribution is -2.31. The van der Waals surface area contributed by atoms with Crippen LogP contribution in [0.5, 0.6) is 0 Å². The van der Waals surface area contributed by atoms with Crippen molar-refractivity contribution in [2.24, 2.45) is 0 Å². The number of rotatable bonds is 9. The topological polar surface area (TPSA) is 155 Å². The molecular formula is C22H16F3N5O7S. The first-order chi connectivity index (χ1) is 17.9. The van der Waals surface area contributed by atoms with Crippen LogP contribution in [0.3, 0.4) is 0 Å². The van der Waals surface area contributed by atoms with Crippen LogP contribution in [0, 0.1) is 20.2 Å². The summed E-state index contributed by atoms with van der Waals surface area (Å²) in [5, 5.41) is 26.3. The van der Waals surface area contributed by atoms with Crippen molar-refractivity contribution in [1.82, 2.24) is 14.1 Å². The summed E-state index contributed by atoms with van der Waals surface area (Å²) in [5.74, 6) is 0.0298. The van der Waals surface area contributed by atoms with Gasteiger partial charge in [-0.2, -0.15) is 22.6 Å². The fraction of sp³-hybridized carbons (Fsp3) is 0.136. The summed E-state index contributed by atoms with van der Waals surface area (Å²) in [7, 11) is -4.91. The first kappa shape index (κ1) is 26.5. The van der Waals surface area contributed by atoms with Crippen LogP contribution in [0.15, 0.2) is 82.4 Å². The normalized spacial score (nSPS) is 12.1. The van der Waals surface area contributed by atoms with Crippen LogP contribution >= 0.6 is 0 Å². The van der Waals surface area contributed by atoms with E-state index in [2.05, 4.69) is 5.10 Å². The Kier molecular flexibility index (Phi) is 7.01. The number of alkyl halides is 3. The predicted octanol–water partition coefficient (Wildman–Crippen LogP) is 4.69. The van der Waals surface area contributed by atoms with Gasteiger partial charge in [-0.15, -0.1) is 0 Å². The van der Waals surface area contributed by atoms with Gasteiger partial charge >= 0.3 is 6.18 Å². The van der Waals surface area contributed by atoms with Crippen LogP contribution in [0.25, 0.3) is 5.69 Å². The van der Waals surface area contributed by atoms with Crippen molar-refractivity contribution in [2.75, 3.05) is 0 Å². The summed E-state index contributed by atoms with van der Waals surface area (Å²) >= 11 is 0. The molecule has 0 radical (unpaired) electrons. The molecule has 4 rings (SSSR count). The molecule has 0 saturated carbocycles. The Labute approximate surface area is 211 Å². The quantitative estimate of drug-likeness (QED) is 0.214. The van der Waals surface area contributed by atoms with Gasteiger partial charge in [0.05, 0.1) is 34.4 Å².